The fourth-order valence-electron chi connectivity index (χ4n) is 3.13. The first-order chi connectivity index (χ1) is 15.3. The van der Waals surface area contributed by atoms with Crippen LogP contribution >= 0.6 is 11.8 Å². The molecule has 1 aliphatic rings. The van der Waals surface area contributed by atoms with Crippen molar-refractivity contribution in [3.63, 3.8) is 0 Å². The largest absolute Gasteiger partial charge is 0.497 e. The topological polar surface area (TPSA) is 107 Å². The number of aliphatic imine (C=N–C) groups is 1. The lowest BCUT2D eigenvalue weighted by atomic mass is 10.1. The van der Waals surface area contributed by atoms with E-state index in [0.717, 1.165) is 16.8 Å². The van der Waals surface area contributed by atoms with Crippen LogP contribution in [0.2, 0.25) is 0 Å². The van der Waals surface area contributed by atoms with Gasteiger partial charge in [0.1, 0.15) is 17.3 Å². The molecule has 0 spiro atoms. The molecule has 3 aromatic rings. The summed E-state index contributed by atoms with van der Waals surface area (Å²) in [4.78, 5) is 28.3. The maximum Gasteiger partial charge on any atom is 0.284 e. The van der Waals surface area contributed by atoms with Crippen molar-refractivity contribution < 1.29 is 18.9 Å². The van der Waals surface area contributed by atoms with Crippen LogP contribution in [0.15, 0.2) is 62.8 Å². The average Bonchev–Trinajstić information content (AvgIpc) is 3.37. The molecule has 2 heterocycles. The number of benzene rings is 2. The summed E-state index contributed by atoms with van der Waals surface area (Å²) >= 11 is 1.21. The molecule has 1 fully saturated rings. The number of thioether (sulfide) groups is 1. The minimum absolute atomic E-state index is 0.131. The van der Waals surface area contributed by atoms with Crippen LogP contribution in [-0.2, 0) is 4.79 Å². The molecule has 1 aliphatic heterocycles. The Morgan fingerprint density at radius 2 is 1.97 bits per heavy atom. The molecular weight excluding hydrogens is 430 g/mol. The van der Waals surface area contributed by atoms with Crippen LogP contribution in [0.25, 0.3) is 17.4 Å². The second-order valence-electron chi connectivity index (χ2n) is 7.11. The maximum atomic E-state index is 12.4. The van der Waals surface area contributed by atoms with Gasteiger partial charge in [-0.25, -0.2) is 4.99 Å². The van der Waals surface area contributed by atoms with Crippen molar-refractivity contribution >= 4 is 40.3 Å². The Hall–Kier alpha value is -3.85. The van der Waals surface area contributed by atoms with E-state index < -0.39 is 4.92 Å². The first kappa shape index (κ1) is 21.4. The van der Waals surface area contributed by atoms with Crippen LogP contribution in [-0.4, -0.2) is 23.1 Å². The van der Waals surface area contributed by atoms with E-state index >= 15 is 0 Å². The summed E-state index contributed by atoms with van der Waals surface area (Å²) in [6.45, 7) is 3.94. The standard InChI is InChI=1S/C23H19N3O5S/c1-13-4-5-14(2)18(10-13)24-23-25-22(27)21(32-23)12-16-7-9-20(31-16)17-8-6-15(30-3)11-19(17)26(28)29/h4-12H,1-3H3,(H,24,25,27)/b21-12-. The van der Waals surface area contributed by atoms with Crippen LogP contribution in [0, 0.1) is 24.0 Å². The number of nitrogens with one attached hydrogen (secondary N) is 1. The molecule has 1 aromatic heterocycles. The number of carbonyl (C=O) groups is 1. The molecule has 8 nitrogen and oxygen atoms in total. The number of nitro groups is 1. The van der Waals surface area contributed by atoms with Gasteiger partial charge in [0.25, 0.3) is 11.6 Å². The van der Waals surface area contributed by atoms with Crippen LogP contribution in [0.3, 0.4) is 0 Å². The van der Waals surface area contributed by atoms with Gasteiger partial charge in [-0.1, -0.05) is 12.1 Å². The number of rotatable bonds is 5. The van der Waals surface area contributed by atoms with Gasteiger partial charge in [0.05, 0.1) is 34.3 Å². The highest BCUT2D eigenvalue weighted by Crippen LogP contribution is 2.35. The molecule has 32 heavy (non-hydrogen) atoms. The second-order valence-corrected chi connectivity index (χ2v) is 8.14. The van der Waals surface area contributed by atoms with E-state index in [1.54, 1.807) is 30.3 Å². The number of nitro benzene ring substituents is 1. The van der Waals surface area contributed by atoms with Gasteiger partial charge >= 0.3 is 0 Å². The number of furan rings is 1. The van der Waals surface area contributed by atoms with Crippen molar-refractivity contribution in [3.05, 3.63) is 80.4 Å². The number of aryl methyl sites for hydroxylation is 2. The second kappa shape index (κ2) is 8.72. The van der Waals surface area contributed by atoms with Crippen molar-refractivity contribution in [2.75, 3.05) is 7.11 Å². The van der Waals surface area contributed by atoms with Gasteiger partial charge in [0, 0.05) is 6.08 Å². The minimum Gasteiger partial charge on any atom is -0.497 e. The van der Waals surface area contributed by atoms with Crippen molar-refractivity contribution in [2.24, 2.45) is 4.99 Å². The molecule has 0 bridgehead atoms. The van der Waals surface area contributed by atoms with Gasteiger partial charge < -0.3 is 14.5 Å². The highest BCUT2D eigenvalue weighted by Gasteiger charge is 2.25. The van der Waals surface area contributed by atoms with Crippen molar-refractivity contribution in [1.82, 2.24) is 5.32 Å². The molecule has 0 atom stereocenters. The molecule has 1 amide bonds. The number of nitrogens with zero attached hydrogens (tertiary/aromatic N) is 2. The van der Waals surface area contributed by atoms with Crippen LogP contribution in [0.1, 0.15) is 16.9 Å². The quantitative estimate of drug-likeness (QED) is 0.319. The van der Waals surface area contributed by atoms with E-state index in [9.17, 15) is 14.9 Å². The summed E-state index contributed by atoms with van der Waals surface area (Å²) in [6, 6.07) is 13.8. The average molecular weight is 449 g/mol. The first-order valence-electron chi connectivity index (χ1n) is 9.63. The number of methoxy groups -OCH3 is 1. The Bertz CT molecular complexity index is 1290. The molecule has 9 heteroatoms. The molecule has 0 radical (unpaired) electrons. The van der Waals surface area contributed by atoms with Crippen LogP contribution in [0.5, 0.6) is 5.75 Å². The van der Waals surface area contributed by atoms with E-state index in [1.165, 1.54) is 24.9 Å². The van der Waals surface area contributed by atoms with Gasteiger partial charge in [0.15, 0.2) is 5.17 Å². The first-order valence-corrected chi connectivity index (χ1v) is 10.4. The summed E-state index contributed by atoms with van der Waals surface area (Å²) < 4.78 is 10.8. The number of amides is 1. The highest BCUT2D eigenvalue weighted by atomic mass is 32.2. The maximum absolute atomic E-state index is 12.4. The number of amidine groups is 1. The molecule has 0 saturated carbocycles. The lowest BCUT2D eigenvalue weighted by Gasteiger charge is -2.03. The van der Waals surface area contributed by atoms with E-state index in [0.29, 0.717) is 32.9 Å². The predicted molar refractivity (Wildman–Crippen MR) is 124 cm³/mol. The van der Waals surface area contributed by atoms with Gasteiger partial charge in [-0.2, -0.15) is 0 Å². The summed E-state index contributed by atoms with van der Waals surface area (Å²) in [7, 11) is 1.44. The monoisotopic (exact) mass is 449 g/mol. The molecular formula is C23H19N3O5S. The molecule has 0 unspecified atom stereocenters. The van der Waals surface area contributed by atoms with Crippen molar-refractivity contribution in [2.45, 2.75) is 13.8 Å². The third kappa shape index (κ3) is 4.42. The van der Waals surface area contributed by atoms with Gasteiger partial charge in [-0.15, -0.1) is 0 Å². The van der Waals surface area contributed by atoms with Gasteiger partial charge in [-0.3, -0.25) is 14.9 Å². The molecule has 0 aliphatic carbocycles. The zero-order valence-electron chi connectivity index (χ0n) is 17.5. The summed E-state index contributed by atoms with van der Waals surface area (Å²) in [6.07, 6.45) is 1.59. The third-order valence-corrected chi connectivity index (χ3v) is 5.71. The van der Waals surface area contributed by atoms with Gasteiger partial charge in [-0.05, 0) is 67.1 Å². The fraction of sp³-hybridized carbons (Fsp3) is 0.130. The number of carbonyl (C=O) groups excluding carboxylic acids is 1. The molecule has 162 valence electrons. The summed E-state index contributed by atoms with van der Waals surface area (Å²) in [5.41, 5.74) is 3.07. The summed E-state index contributed by atoms with van der Waals surface area (Å²) in [5, 5.41) is 14.7. The van der Waals surface area contributed by atoms with Gasteiger partial charge in [0.2, 0.25) is 0 Å². The molecule has 1 N–H and O–H groups in total. The van der Waals surface area contributed by atoms with Crippen LogP contribution in [0.4, 0.5) is 11.4 Å². The zero-order chi connectivity index (χ0) is 22.8. The van der Waals surface area contributed by atoms with E-state index in [-0.39, 0.29) is 11.6 Å². The Balaban J connectivity index is 1.60. The third-order valence-electron chi connectivity index (χ3n) is 4.80. The Morgan fingerprint density at radius 1 is 1.16 bits per heavy atom. The number of ether oxygens (including phenoxy) is 1. The van der Waals surface area contributed by atoms with E-state index in [1.807, 2.05) is 32.0 Å². The smallest absolute Gasteiger partial charge is 0.284 e. The SMILES string of the molecule is COc1ccc(-c2ccc(/C=C3\SC(=Nc4cc(C)ccc4C)NC3=O)o2)c([N+](=O)[O-])c1. The predicted octanol–water partition coefficient (Wildman–Crippen LogP) is 5.37. The Kier molecular flexibility index (Phi) is 5.83. The Morgan fingerprint density at radius 3 is 2.72 bits per heavy atom. The summed E-state index contributed by atoms with van der Waals surface area (Å²) in [5.74, 6) is 0.811. The minimum atomic E-state index is -0.491. The molecule has 1 saturated heterocycles. The van der Waals surface area contributed by atoms with E-state index in [4.69, 9.17) is 9.15 Å². The van der Waals surface area contributed by atoms with Crippen molar-refractivity contribution in [3.8, 4) is 17.1 Å². The lowest BCUT2D eigenvalue weighted by molar-refractivity contribution is -0.384. The Labute approximate surface area is 188 Å². The molecule has 4 rings (SSSR count). The fourth-order valence-corrected chi connectivity index (χ4v) is 3.95. The lowest BCUT2D eigenvalue weighted by Crippen LogP contribution is -2.19. The zero-order valence-corrected chi connectivity index (χ0v) is 18.4. The normalized spacial score (nSPS) is 15.9. The van der Waals surface area contributed by atoms with Crippen molar-refractivity contribution in [1.29, 1.82) is 0 Å². The number of hydrogen-bond acceptors (Lipinski definition) is 7. The highest BCUT2D eigenvalue weighted by molar-refractivity contribution is 8.18. The van der Waals surface area contributed by atoms with Crippen LogP contribution < -0.4 is 10.1 Å². The number of hydrogen-bond donors (Lipinski definition) is 1. The van der Waals surface area contributed by atoms with E-state index in [2.05, 4.69) is 10.3 Å². The molecule has 2 aromatic carbocycles.